The van der Waals surface area contributed by atoms with Crippen molar-refractivity contribution in [3.8, 4) is 11.5 Å². The molecule has 32 heavy (non-hydrogen) atoms. The summed E-state index contributed by atoms with van der Waals surface area (Å²) < 4.78 is 48.9. The molecule has 1 heterocycles. The highest BCUT2D eigenvalue weighted by Gasteiger charge is 2.36. The van der Waals surface area contributed by atoms with Crippen LogP contribution >= 0.6 is 11.8 Å². The molecule has 1 fully saturated rings. The number of nitrogens with one attached hydrogen (secondary N) is 1. The molecule has 3 amide bonds. The molecule has 0 radical (unpaired) electrons. The Morgan fingerprint density at radius 1 is 1.09 bits per heavy atom. The lowest BCUT2D eigenvalue weighted by Gasteiger charge is -2.16. The number of hydrogen-bond acceptors (Lipinski definition) is 6. The summed E-state index contributed by atoms with van der Waals surface area (Å²) in [6.45, 7) is -0.663. The van der Waals surface area contributed by atoms with E-state index in [1.807, 2.05) is 0 Å². The number of anilines is 1. The monoisotopic (exact) mass is 466 g/mol. The van der Waals surface area contributed by atoms with Gasteiger partial charge in [-0.2, -0.15) is 13.2 Å². The molecule has 168 valence electrons. The molecule has 1 saturated heterocycles. The predicted octanol–water partition coefficient (Wildman–Crippen LogP) is 4.40. The van der Waals surface area contributed by atoms with Crippen LogP contribution in [0, 0.1) is 0 Å². The van der Waals surface area contributed by atoms with Crippen molar-refractivity contribution in [1.29, 1.82) is 0 Å². The maximum Gasteiger partial charge on any atom is 0.416 e. The molecular formula is C21H17F3N2O5S. The molecular weight excluding hydrogens is 449 g/mol. The number of alkyl halides is 3. The smallest absolute Gasteiger partial charge is 0.416 e. The molecule has 0 aromatic heterocycles. The maximum atomic E-state index is 13.0. The van der Waals surface area contributed by atoms with Crippen LogP contribution in [0.25, 0.3) is 6.08 Å². The number of amides is 3. The lowest BCUT2D eigenvalue weighted by Crippen LogP contribution is -2.36. The van der Waals surface area contributed by atoms with Crippen LogP contribution < -0.4 is 14.8 Å². The average molecular weight is 466 g/mol. The second-order valence-corrected chi connectivity index (χ2v) is 7.50. The highest BCUT2D eigenvalue weighted by molar-refractivity contribution is 8.18. The second kappa shape index (κ2) is 9.35. The van der Waals surface area contributed by atoms with E-state index in [0.29, 0.717) is 29.1 Å². The normalized spacial score (nSPS) is 15.3. The van der Waals surface area contributed by atoms with Gasteiger partial charge < -0.3 is 14.8 Å². The van der Waals surface area contributed by atoms with Crippen molar-refractivity contribution >= 4 is 40.6 Å². The molecule has 1 aliphatic heterocycles. The first-order valence-electron chi connectivity index (χ1n) is 9.07. The van der Waals surface area contributed by atoms with Gasteiger partial charge in [-0.1, -0.05) is 12.1 Å². The molecule has 0 saturated carbocycles. The first-order chi connectivity index (χ1) is 15.1. The Morgan fingerprint density at radius 3 is 2.38 bits per heavy atom. The molecule has 2 aromatic carbocycles. The number of benzene rings is 2. The number of carbonyl (C=O) groups is 3. The van der Waals surface area contributed by atoms with Gasteiger partial charge in [0.05, 0.1) is 30.4 Å². The van der Waals surface area contributed by atoms with Crippen LogP contribution in [-0.4, -0.2) is 42.7 Å². The molecule has 1 N–H and O–H groups in total. The van der Waals surface area contributed by atoms with Crippen LogP contribution in [-0.2, 0) is 15.8 Å². The van der Waals surface area contributed by atoms with Crippen molar-refractivity contribution in [3.05, 3.63) is 58.5 Å². The summed E-state index contributed by atoms with van der Waals surface area (Å²) >= 11 is 0.662. The maximum absolute atomic E-state index is 13.0. The summed E-state index contributed by atoms with van der Waals surface area (Å²) in [5.41, 5.74) is -0.565. The summed E-state index contributed by atoms with van der Waals surface area (Å²) in [6.07, 6.45) is -3.12. The standard InChI is InChI=1S/C21H17F3N2O5S/c1-30-14-6-3-12(4-7-14)9-17-19(28)26(20(29)32-17)11-18(27)25-15-10-13(21(22,23)24)5-8-16(15)31-2/h3-10H,11H2,1-2H3,(H,25,27)/b17-9-. The molecule has 7 nitrogen and oxygen atoms in total. The SMILES string of the molecule is COc1ccc(/C=C2\SC(=O)N(CC(=O)Nc3cc(C(F)(F)F)ccc3OC)C2=O)cc1. The Bertz CT molecular complexity index is 1080. The third-order valence-corrected chi connectivity index (χ3v) is 5.30. The van der Waals surface area contributed by atoms with E-state index in [-0.39, 0.29) is 16.3 Å². The van der Waals surface area contributed by atoms with Gasteiger partial charge in [-0.3, -0.25) is 19.3 Å². The van der Waals surface area contributed by atoms with Crippen molar-refractivity contribution in [1.82, 2.24) is 4.90 Å². The Hall–Kier alpha value is -3.47. The second-order valence-electron chi connectivity index (χ2n) is 6.50. The van der Waals surface area contributed by atoms with Gasteiger partial charge in [-0.25, -0.2) is 0 Å². The topological polar surface area (TPSA) is 84.9 Å². The lowest BCUT2D eigenvalue weighted by atomic mass is 10.1. The summed E-state index contributed by atoms with van der Waals surface area (Å²) in [6, 6.07) is 9.36. The Labute approximate surface area is 185 Å². The van der Waals surface area contributed by atoms with Crippen molar-refractivity contribution in [2.45, 2.75) is 6.18 Å². The van der Waals surface area contributed by atoms with E-state index in [0.717, 1.165) is 17.0 Å². The first-order valence-corrected chi connectivity index (χ1v) is 9.88. The summed E-state index contributed by atoms with van der Waals surface area (Å²) in [5, 5.41) is 1.60. The van der Waals surface area contributed by atoms with Gasteiger partial charge in [0.15, 0.2) is 0 Å². The molecule has 0 aliphatic carbocycles. The third-order valence-electron chi connectivity index (χ3n) is 4.39. The fourth-order valence-electron chi connectivity index (χ4n) is 2.80. The van der Waals surface area contributed by atoms with Crippen LogP contribution in [0.4, 0.5) is 23.7 Å². The van der Waals surface area contributed by atoms with Gasteiger partial charge in [0.1, 0.15) is 18.0 Å². The number of imide groups is 1. The first kappa shape index (κ1) is 23.2. The molecule has 1 aliphatic rings. The lowest BCUT2D eigenvalue weighted by molar-refractivity contribution is -0.137. The van der Waals surface area contributed by atoms with E-state index in [2.05, 4.69) is 5.32 Å². The van der Waals surface area contributed by atoms with Crippen molar-refractivity contribution in [2.24, 2.45) is 0 Å². The zero-order chi connectivity index (χ0) is 23.5. The van der Waals surface area contributed by atoms with E-state index >= 15 is 0 Å². The van der Waals surface area contributed by atoms with Gasteiger partial charge in [0.25, 0.3) is 11.1 Å². The molecule has 0 bridgehead atoms. The predicted molar refractivity (Wildman–Crippen MR) is 112 cm³/mol. The summed E-state index contributed by atoms with van der Waals surface area (Å²) in [5.74, 6) is -0.908. The van der Waals surface area contributed by atoms with Gasteiger partial charge in [-0.15, -0.1) is 0 Å². The molecule has 0 spiro atoms. The van der Waals surface area contributed by atoms with Crippen LogP contribution in [0.3, 0.4) is 0 Å². The number of hydrogen-bond donors (Lipinski definition) is 1. The third kappa shape index (κ3) is 5.22. The Kier molecular flexibility index (Phi) is 6.78. The zero-order valence-corrected chi connectivity index (χ0v) is 17.7. The van der Waals surface area contributed by atoms with E-state index in [9.17, 15) is 27.6 Å². The Morgan fingerprint density at radius 2 is 1.78 bits per heavy atom. The minimum atomic E-state index is -4.62. The number of thioether (sulfide) groups is 1. The van der Waals surface area contributed by atoms with Crippen LogP contribution in [0.1, 0.15) is 11.1 Å². The Balaban J connectivity index is 1.73. The molecule has 3 rings (SSSR count). The van der Waals surface area contributed by atoms with Crippen LogP contribution in [0.2, 0.25) is 0 Å². The van der Waals surface area contributed by atoms with Crippen molar-refractivity contribution < 1.29 is 37.0 Å². The number of nitrogens with zero attached hydrogens (tertiary/aromatic N) is 1. The number of ether oxygens (including phenoxy) is 2. The number of methoxy groups -OCH3 is 2. The van der Waals surface area contributed by atoms with E-state index in [1.54, 1.807) is 24.3 Å². The quantitative estimate of drug-likeness (QED) is 0.636. The van der Waals surface area contributed by atoms with E-state index < -0.39 is 35.3 Å². The molecule has 0 unspecified atom stereocenters. The highest BCUT2D eigenvalue weighted by atomic mass is 32.2. The minimum Gasteiger partial charge on any atom is -0.497 e. The zero-order valence-electron chi connectivity index (χ0n) is 16.9. The fourth-order valence-corrected chi connectivity index (χ4v) is 3.64. The summed E-state index contributed by atoms with van der Waals surface area (Å²) in [4.78, 5) is 38.0. The number of rotatable bonds is 6. The van der Waals surface area contributed by atoms with Gasteiger partial charge in [-0.05, 0) is 53.7 Å². The average Bonchev–Trinajstić information content (AvgIpc) is 3.01. The minimum absolute atomic E-state index is 0.000101. The van der Waals surface area contributed by atoms with Crippen molar-refractivity contribution in [3.63, 3.8) is 0 Å². The van der Waals surface area contributed by atoms with Crippen LogP contribution in [0.5, 0.6) is 11.5 Å². The van der Waals surface area contributed by atoms with E-state index in [4.69, 9.17) is 9.47 Å². The molecule has 11 heteroatoms. The molecule has 0 atom stereocenters. The van der Waals surface area contributed by atoms with Gasteiger partial charge in [0, 0.05) is 0 Å². The van der Waals surface area contributed by atoms with Gasteiger partial charge >= 0.3 is 6.18 Å². The van der Waals surface area contributed by atoms with Crippen LogP contribution in [0.15, 0.2) is 47.4 Å². The summed E-state index contributed by atoms with van der Waals surface area (Å²) in [7, 11) is 2.75. The number of halogens is 3. The largest absolute Gasteiger partial charge is 0.497 e. The molecule has 2 aromatic rings. The van der Waals surface area contributed by atoms with Crippen molar-refractivity contribution in [2.75, 3.05) is 26.1 Å². The highest BCUT2D eigenvalue weighted by Crippen LogP contribution is 2.35. The van der Waals surface area contributed by atoms with E-state index in [1.165, 1.54) is 20.3 Å². The fraction of sp³-hybridized carbons (Fsp3) is 0.190. The van der Waals surface area contributed by atoms with Gasteiger partial charge in [0.2, 0.25) is 5.91 Å². The number of carbonyl (C=O) groups excluding carboxylic acids is 3.